The minimum absolute atomic E-state index is 0.00970. The summed E-state index contributed by atoms with van der Waals surface area (Å²) in [7, 11) is 0. The Morgan fingerprint density at radius 1 is 1.00 bits per heavy atom. The van der Waals surface area contributed by atoms with Crippen molar-refractivity contribution in [1.29, 1.82) is 0 Å². The number of rotatable bonds is 3. The second-order valence-electron chi connectivity index (χ2n) is 11.6. The van der Waals surface area contributed by atoms with Crippen LogP contribution in [-0.4, -0.2) is 43.0 Å². The fourth-order valence-corrected chi connectivity index (χ4v) is 7.78. The molecule has 1 amide bonds. The third-order valence-corrected chi connectivity index (χ3v) is 9.60. The number of aromatic nitrogens is 1. The molecule has 2 saturated heterocycles. The van der Waals surface area contributed by atoms with Gasteiger partial charge in [0.1, 0.15) is 0 Å². The molecule has 5 heteroatoms. The Morgan fingerprint density at radius 2 is 1.80 bits per heavy atom. The average molecular weight is 474 g/mol. The summed E-state index contributed by atoms with van der Waals surface area (Å²) in [4.78, 5) is 20.4. The van der Waals surface area contributed by atoms with Gasteiger partial charge in [0.05, 0.1) is 12.5 Å². The summed E-state index contributed by atoms with van der Waals surface area (Å²) in [5.41, 5.74) is 5.07. The summed E-state index contributed by atoms with van der Waals surface area (Å²) < 4.78 is 0. The van der Waals surface area contributed by atoms with Crippen LogP contribution in [0.25, 0.3) is 0 Å². The predicted molar refractivity (Wildman–Crippen MR) is 138 cm³/mol. The number of carbonyl (C=O) groups is 1. The Morgan fingerprint density at radius 3 is 2.63 bits per heavy atom. The number of pyridine rings is 1. The third-order valence-electron chi connectivity index (χ3n) is 9.60. The molecule has 1 aromatic heterocycles. The van der Waals surface area contributed by atoms with Crippen LogP contribution in [0.4, 0.5) is 0 Å². The van der Waals surface area contributed by atoms with Crippen molar-refractivity contribution in [3.63, 3.8) is 0 Å². The van der Waals surface area contributed by atoms with Gasteiger partial charge in [-0.3, -0.25) is 4.79 Å². The maximum Gasteiger partial charge on any atom is 0.228 e. The SMILES string of the molecule is Cc1ccc2c([nH+]1)CNC[C@]21CNC[C@H]1C(=O)N1CC[C@@H](c2ccccc2)C[C@H]1C1CCCCC1. The number of aromatic amines is 1. The Labute approximate surface area is 210 Å². The minimum Gasteiger partial charge on any atom is -0.339 e. The van der Waals surface area contributed by atoms with Crippen molar-refractivity contribution in [3.05, 3.63) is 65.0 Å². The summed E-state index contributed by atoms with van der Waals surface area (Å²) in [6.45, 7) is 6.38. The third kappa shape index (κ3) is 4.21. The van der Waals surface area contributed by atoms with Crippen LogP contribution in [0.2, 0.25) is 0 Å². The largest absolute Gasteiger partial charge is 0.339 e. The fourth-order valence-electron chi connectivity index (χ4n) is 7.78. The predicted octanol–water partition coefficient (Wildman–Crippen LogP) is 3.72. The van der Waals surface area contributed by atoms with E-state index >= 15 is 0 Å². The van der Waals surface area contributed by atoms with Gasteiger partial charge < -0.3 is 15.5 Å². The zero-order chi connectivity index (χ0) is 23.8. The number of aryl methyl sites for hydroxylation is 1. The summed E-state index contributed by atoms with van der Waals surface area (Å²) in [6, 6.07) is 15.9. The second kappa shape index (κ2) is 9.67. The van der Waals surface area contributed by atoms with Gasteiger partial charge in [0.25, 0.3) is 0 Å². The van der Waals surface area contributed by atoms with E-state index in [4.69, 9.17) is 0 Å². The van der Waals surface area contributed by atoms with Gasteiger partial charge in [-0.1, -0.05) is 49.6 Å². The number of nitrogens with one attached hydrogen (secondary N) is 3. The lowest BCUT2D eigenvalue weighted by Crippen LogP contribution is -2.58. The van der Waals surface area contributed by atoms with Crippen molar-refractivity contribution in [3.8, 4) is 0 Å². The molecule has 2 aromatic rings. The molecule has 3 N–H and O–H groups in total. The highest BCUT2D eigenvalue weighted by molar-refractivity contribution is 5.82. The maximum atomic E-state index is 14.5. The molecule has 0 bridgehead atoms. The highest BCUT2D eigenvalue weighted by Crippen LogP contribution is 2.43. The molecule has 35 heavy (non-hydrogen) atoms. The zero-order valence-corrected chi connectivity index (χ0v) is 21.2. The molecule has 186 valence electrons. The number of hydrogen-bond donors (Lipinski definition) is 2. The van der Waals surface area contributed by atoms with E-state index < -0.39 is 0 Å². The van der Waals surface area contributed by atoms with Gasteiger partial charge in [0, 0.05) is 56.2 Å². The van der Waals surface area contributed by atoms with Crippen LogP contribution in [0.5, 0.6) is 0 Å². The quantitative estimate of drug-likeness (QED) is 0.714. The number of piperidine rings is 1. The summed E-state index contributed by atoms with van der Waals surface area (Å²) >= 11 is 0. The molecule has 1 spiro atoms. The van der Waals surface area contributed by atoms with E-state index in [1.54, 1.807) is 0 Å². The lowest BCUT2D eigenvalue weighted by molar-refractivity contribution is -0.402. The summed E-state index contributed by atoms with van der Waals surface area (Å²) in [6.07, 6.45) is 8.75. The van der Waals surface area contributed by atoms with Crippen LogP contribution < -0.4 is 15.6 Å². The van der Waals surface area contributed by atoms with Crippen molar-refractivity contribution in [2.24, 2.45) is 11.8 Å². The number of hydrogen-bond acceptors (Lipinski definition) is 3. The molecule has 4 heterocycles. The summed E-state index contributed by atoms with van der Waals surface area (Å²) in [5, 5.41) is 7.29. The van der Waals surface area contributed by atoms with Crippen molar-refractivity contribution in [2.75, 3.05) is 26.2 Å². The number of likely N-dealkylation sites (tertiary alicyclic amines) is 1. The first kappa shape index (κ1) is 23.2. The van der Waals surface area contributed by atoms with E-state index in [1.165, 1.54) is 54.6 Å². The molecule has 6 rings (SSSR count). The van der Waals surface area contributed by atoms with Crippen LogP contribution in [0.1, 0.15) is 73.4 Å². The van der Waals surface area contributed by atoms with E-state index in [0.29, 0.717) is 23.8 Å². The number of amides is 1. The fraction of sp³-hybridized carbons (Fsp3) is 0.600. The van der Waals surface area contributed by atoms with Gasteiger partial charge in [-0.2, -0.15) is 0 Å². The lowest BCUT2D eigenvalue weighted by atomic mass is 9.68. The smallest absolute Gasteiger partial charge is 0.228 e. The molecule has 1 aliphatic carbocycles. The van der Waals surface area contributed by atoms with Crippen LogP contribution in [-0.2, 0) is 16.8 Å². The molecule has 1 aromatic carbocycles. The van der Waals surface area contributed by atoms with Gasteiger partial charge in [-0.05, 0) is 49.1 Å². The molecule has 5 nitrogen and oxygen atoms in total. The molecular weight excluding hydrogens is 432 g/mol. The number of benzene rings is 1. The van der Waals surface area contributed by atoms with Crippen molar-refractivity contribution >= 4 is 5.91 Å². The van der Waals surface area contributed by atoms with E-state index in [2.05, 4.69) is 69.9 Å². The van der Waals surface area contributed by atoms with Gasteiger partial charge >= 0.3 is 0 Å². The van der Waals surface area contributed by atoms with Crippen molar-refractivity contribution in [2.45, 2.75) is 75.8 Å². The van der Waals surface area contributed by atoms with Crippen LogP contribution >= 0.6 is 0 Å². The van der Waals surface area contributed by atoms with Crippen LogP contribution in [0.3, 0.4) is 0 Å². The van der Waals surface area contributed by atoms with Gasteiger partial charge in [-0.15, -0.1) is 0 Å². The topological polar surface area (TPSA) is 58.5 Å². The van der Waals surface area contributed by atoms with E-state index in [9.17, 15) is 4.79 Å². The molecule has 0 radical (unpaired) electrons. The van der Waals surface area contributed by atoms with E-state index in [-0.39, 0.29) is 11.3 Å². The number of fused-ring (bicyclic) bond motifs is 2. The normalized spacial score (nSPS) is 31.5. The Bertz CT molecular complexity index is 1050. The van der Waals surface area contributed by atoms with Crippen LogP contribution in [0.15, 0.2) is 42.5 Å². The first-order valence-electron chi connectivity index (χ1n) is 13.9. The lowest BCUT2D eigenvalue weighted by Gasteiger charge is -2.47. The average Bonchev–Trinajstić information content (AvgIpc) is 3.32. The summed E-state index contributed by atoms with van der Waals surface area (Å²) in [5.74, 6) is 1.60. The molecule has 1 saturated carbocycles. The standard InChI is InChI=1S/C30H40N4O/c1-21-12-13-25-27(33-21)18-32-20-30(25)19-31-17-26(30)29(35)34-15-14-24(22-8-4-2-5-9-22)16-28(34)23-10-6-3-7-11-23/h2,4-5,8-9,12-13,23-24,26,28,31-32H,3,6-7,10-11,14-20H2,1H3/p+1/t24-,26+,28+,30-/m1/s1. The maximum absolute atomic E-state index is 14.5. The Balaban J connectivity index is 1.30. The second-order valence-corrected chi connectivity index (χ2v) is 11.6. The zero-order valence-electron chi connectivity index (χ0n) is 21.2. The van der Waals surface area contributed by atoms with Gasteiger partial charge in [0.2, 0.25) is 5.91 Å². The number of carbonyl (C=O) groups excluding carboxylic acids is 1. The number of H-pyrrole nitrogens is 1. The van der Waals surface area contributed by atoms with E-state index in [0.717, 1.165) is 45.6 Å². The highest BCUT2D eigenvalue weighted by atomic mass is 16.2. The van der Waals surface area contributed by atoms with E-state index in [1.807, 2.05) is 0 Å². The van der Waals surface area contributed by atoms with Gasteiger partial charge in [-0.25, -0.2) is 4.98 Å². The minimum atomic E-state index is -0.164. The molecular formula is C30H41N4O+. The van der Waals surface area contributed by atoms with Crippen molar-refractivity contribution in [1.82, 2.24) is 15.5 Å². The molecule has 4 aliphatic rings. The Hall–Kier alpha value is -2.24. The molecule has 3 aliphatic heterocycles. The monoisotopic (exact) mass is 473 g/mol. The van der Waals surface area contributed by atoms with Crippen LogP contribution in [0, 0.1) is 18.8 Å². The molecule has 0 unspecified atom stereocenters. The molecule has 4 atom stereocenters. The Kier molecular flexibility index (Phi) is 6.40. The first-order chi connectivity index (χ1) is 17.2. The van der Waals surface area contributed by atoms with Gasteiger partial charge in [0.15, 0.2) is 11.4 Å². The van der Waals surface area contributed by atoms with Crippen molar-refractivity contribution < 1.29 is 9.78 Å². The first-order valence-corrected chi connectivity index (χ1v) is 13.9. The molecule has 3 fully saturated rings. The highest BCUT2D eigenvalue weighted by Gasteiger charge is 2.54. The number of nitrogens with zero attached hydrogens (tertiary/aromatic N) is 1.